The first kappa shape index (κ1) is 11.9. The summed E-state index contributed by atoms with van der Waals surface area (Å²) in [5.74, 6) is -0.158. The highest BCUT2D eigenvalue weighted by Gasteiger charge is 2.10. The summed E-state index contributed by atoms with van der Waals surface area (Å²) in [5, 5.41) is 3.28. The Morgan fingerprint density at radius 2 is 2.40 bits per heavy atom. The molecule has 1 amide bonds. The lowest BCUT2D eigenvalue weighted by Crippen LogP contribution is -2.33. The number of amides is 1. The molecule has 82 valence electrons. The Kier molecular flexibility index (Phi) is 4.52. The minimum atomic E-state index is -0.447. The van der Waals surface area contributed by atoms with Gasteiger partial charge >= 0.3 is 0 Å². The van der Waals surface area contributed by atoms with Gasteiger partial charge in [-0.25, -0.2) is 0 Å². The number of nitrogens with zero attached hydrogens (tertiary/aromatic N) is 1. The van der Waals surface area contributed by atoms with Crippen molar-refractivity contribution in [1.82, 2.24) is 10.3 Å². The van der Waals surface area contributed by atoms with Gasteiger partial charge in [-0.3, -0.25) is 9.78 Å². The number of nitrogens with one attached hydrogen (secondary N) is 1. The molecule has 4 nitrogen and oxygen atoms in total. The van der Waals surface area contributed by atoms with E-state index < -0.39 is 6.10 Å². The highest BCUT2D eigenvalue weighted by atomic mass is 35.5. The molecule has 1 N–H and O–H groups in total. The van der Waals surface area contributed by atoms with Gasteiger partial charge in [-0.2, -0.15) is 0 Å². The zero-order valence-electron chi connectivity index (χ0n) is 8.66. The third-order valence-electron chi connectivity index (χ3n) is 1.96. The minimum Gasteiger partial charge on any atom is -0.372 e. The van der Waals surface area contributed by atoms with E-state index in [4.69, 9.17) is 16.3 Å². The summed E-state index contributed by atoms with van der Waals surface area (Å²) in [6.45, 7) is 2.06. The molecule has 1 aromatic heterocycles. The molecule has 1 heterocycles. The fraction of sp³-hybridized carbons (Fsp3) is 0.400. The molecule has 1 atom stereocenters. The number of pyridine rings is 1. The zero-order chi connectivity index (χ0) is 11.3. The number of hydrogen-bond acceptors (Lipinski definition) is 3. The molecule has 1 rings (SSSR count). The number of hydrogen-bond donors (Lipinski definition) is 1. The molecule has 0 aliphatic heterocycles. The van der Waals surface area contributed by atoms with Crippen molar-refractivity contribution in [2.75, 3.05) is 7.11 Å². The molecule has 1 aromatic rings. The first-order valence-corrected chi connectivity index (χ1v) is 4.92. The van der Waals surface area contributed by atoms with E-state index in [9.17, 15) is 4.79 Å². The smallest absolute Gasteiger partial charge is 0.249 e. The van der Waals surface area contributed by atoms with Gasteiger partial charge in [0.2, 0.25) is 5.91 Å². The highest BCUT2D eigenvalue weighted by Crippen LogP contribution is 2.05. The van der Waals surface area contributed by atoms with Crippen molar-refractivity contribution < 1.29 is 9.53 Å². The van der Waals surface area contributed by atoms with Gasteiger partial charge in [-0.1, -0.05) is 11.6 Å². The summed E-state index contributed by atoms with van der Waals surface area (Å²) in [7, 11) is 1.49. The quantitative estimate of drug-likeness (QED) is 0.847. The zero-order valence-corrected chi connectivity index (χ0v) is 9.41. The van der Waals surface area contributed by atoms with Gasteiger partial charge < -0.3 is 10.1 Å². The summed E-state index contributed by atoms with van der Waals surface area (Å²) in [4.78, 5) is 15.4. The number of aromatic nitrogens is 1. The lowest BCUT2D eigenvalue weighted by atomic mass is 10.3. The van der Waals surface area contributed by atoms with Crippen LogP contribution >= 0.6 is 11.6 Å². The van der Waals surface area contributed by atoms with Gasteiger partial charge in [-0.15, -0.1) is 0 Å². The molecular formula is C10H13ClN2O2. The summed E-state index contributed by atoms with van der Waals surface area (Å²) < 4.78 is 4.87. The summed E-state index contributed by atoms with van der Waals surface area (Å²) >= 11 is 5.68. The molecule has 0 aliphatic carbocycles. The lowest BCUT2D eigenvalue weighted by Gasteiger charge is -2.09. The van der Waals surface area contributed by atoms with Crippen LogP contribution in [0.1, 0.15) is 12.6 Å². The van der Waals surface area contributed by atoms with E-state index in [-0.39, 0.29) is 5.91 Å². The van der Waals surface area contributed by atoms with Crippen LogP contribution in [0.4, 0.5) is 0 Å². The maximum Gasteiger partial charge on any atom is 0.249 e. The third-order valence-corrected chi connectivity index (χ3v) is 2.18. The predicted molar refractivity (Wildman–Crippen MR) is 57.6 cm³/mol. The van der Waals surface area contributed by atoms with E-state index in [0.29, 0.717) is 11.6 Å². The largest absolute Gasteiger partial charge is 0.372 e. The van der Waals surface area contributed by atoms with Crippen LogP contribution in [0, 0.1) is 0 Å². The second-order valence-corrected chi connectivity index (χ2v) is 3.50. The average molecular weight is 229 g/mol. The number of ether oxygens (including phenoxy) is 1. The number of carbonyl (C=O) groups excluding carboxylic acids is 1. The Morgan fingerprint density at radius 3 is 2.93 bits per heavy atom. The van der Waals surface area contributed by atoms with Crippen LogP contribution in [0.2, 0.25) is 5.02 Å². The average Bonchev–Trinajstić information content (AvgIpc) is 2.26. The molecule has 0 saturated heterocycles. The molecule has 0 fully saturated rings. The summed E-state index contributed by atoms with van der Waals surface area (Å²) in [6, 6.07) is 3.50. The molecule has 0 saturated carbocycles. The molecule has 0 spiro atoms. The Labute approximate surface area is 93.6 Å². The minimum absolute atomic E-state index is 0.158. The van der Waals surface area contributed by atoms with Gasteiger partial charge in [0.05, 0.1) is 17.3 Å². The molecule has 0 radical (unpaired) electrons. The first-order chi connectivity index (χ1) is 7.13. The van der Waals surface area contributed by atoms with Gasteiger partial charge in [0.1, 0.15) is 6.10 Å². The van der Waals surface area contributed by atoms with Crippen LogP contribution in [0.3, 0.4) is 0 Å². The highest BCUT2D eigenvalue weighted by molar-refractivity contribution is 6.30. The Hall–Kier alpha value is -1.13. The second kappa shape index (κ2) is 5.68. The lowest BCUT2D eigenvalue weighted by molar-refractivity contribution is -0.130. The maximum atomic E-state index is 11.3. The maximum absolute atomic E-state index is 11.3. The SMILES string of the molecule is COC(C)C(=O)NCc1ccc(Cl)cn1. The van der Waals surface area contributed by atoms with Crippen molar-refractivity contribution in [3.63, 3.8) is 0 Å². The van der Waals surface area contributed by atoms with Crippen molar-refractivity contribution >= 4 is 17.5 Å². The monoisotopic (exact) mass is 228 g/mol. The van der Waals surface area contributed by atoms with Crippen molar-refractivity contribution in [2.24, 2.45) is 0 Å². The fourth-order valence-corrected chi connectivity index (χ4v) is 1.05. The topological polar surface area (TPSA) is 51.2 Å². The first-order valence-electron chi connectivity index (χ1n) is 4.54. The van der Waals surface area contributed by atoms with Crippen molar-refractivity contribution in [2.45, 2.75) is 19.6 Å². The Bertz CT molecular complexity index is 327. The standard InChI is InChI=1S/C10H13ClN2O2/c1-7(15-2)10(14)13-6-9-4-3-8(11)5-12-9/h3-5,7H,6H2,1-2H3,(H,13,14). The summed E-state index contributed by atoms with van der Waals surface area (Å²) in [6.07, 6.45) is 1.10. The van der Waals surface area contributed by atoms with Crippen LogP contribution in [0.25, 0.3) is 0 Å². The Balaban J connectivity index is 2.43. The van der Waals surface area contributed by atoms with Crippen LogP contribution in [-0.2, 0) is 16.1 Å². The van der Waals surface area contributed by atoms with Gasteiger partial charge in [-0.05, 0) is 19.1 Å². The molecule has 1 unspecified atom stereocenters. The van der Waals surface area contributed by atoms with Crippen LogP contribution in [0.5, 0.6) is 0 Å². The van der Waals surface area contributed by atoms with Crippen LogP contribution < -0.4 is 5.32 Å². The fourth-order valence-electron chi connectivity index (χ4n) is 0.939. The van der Waals surface area contributed by atoms with E-state index in [0.717, 1.165) is 5.69 Å². The van der Waals surface area contributed by atoms with Crippen LogP contribution in [0.15, 0.2) is 18.3 Å². The molecule has 0 aliphatic rings. The molecular weight excluding hydrogens is 216 g/mol. The number of methoxy groups -OCH3 is 1. The molecule has 15 heavy (non-hydrogen) atoms. The summed E-state index contributed by atoms with van der Waals surface area (Å²) in [5.41, 5.74) is 0.760. The van der Waals surface area contributed by atoms with Crippen molar-refractivity contribution in [3.05, 3.63) is 29.0 Å². The second-order valence-electron chi connectivity index (χ2n) is 3.06. The third kappa shape index (κ3) is 3.85. The van der Waals surface area contributed by atoms with Gasteiger partial charge in [0.15, 0.2) is 0 Å². The molecule has 0 bridgehead atoms. The van der Waals surface area contributed by atoms with E-state index in [2.05, 4.69) is 10.3 Å². The number of carbonyl (C=O) groups is 1. The van der Waals surface area contributed by atoms with Crippen LogP contribution in [-0.4, -0.2) is 24.1 Å². The number of halogens is 1. The normalized spacial score (nSPS) is 12.2. The van der Waals surface area contributed by atoms with E-state index >= 15 is 0 Å². The van der Waals surface area contributed by atoms with Crippen molar-refractivity contribution in [1.29, 1.82) is 0 Å². The molecule has 0 aromatic carbocycles. The van der Waals surface area contributed by atoms with Gasteiger partial charge in [0, 0.05) is 13.3 Å². The molecule has 5 heteroatoms. The Morgan fingerprint density at radius 1 is 1.67 bits per heavy atom. The van der Waals surface area contributed by atoms with Gasteiger partial charge in [0.25, 0.3) is 0 Å². The number of rotatable bonds is 4. The van der Waals surface area contributed by atoms with E-state index in [1.165, 1.54) is 7.11 Å². The predicted octanol–water partition coefficient (Wildman–Crippen LogP) is 1.39. The van der Waals surface area contributed by atoms with Crippen molar-refractivity contribution in [3.8, 4) is 0 Å². The van der Waals surface area contributed by atoms with E-state index in [1.807, 2.05) is 0 Å². The van der Waals surface area contributed by atoms with E-state index in [1.54, 1.807) is 25.3 Å².